The third-order valence-corrected chi connectivity index (χ3v) is 6.49. The average Bonchev–Trinajstić information content (AvgIpc) is 2.82. The third-order valence-electron chi connectivity index (χ3n) is 4.67. The van der Waals surface area contributed by atoms with Crippen molar-refractivity contribution in [3.8, 4) is 0 Å². The normalized spacial score (nSPS) is 16.1. The zero-order chi connectivity index (χ0) is 19.6. The van der Waals surface area contributed by atoms with Gasteiger partial charge in [-0.2, -0.15) is 8.42 Å². The summed E-state index contributed by atoms with van der Waals surface area (Å²) >= 11 is 0. The van der Waals surface area contributed by atoms with Gasteiger partial charge >= 0.3 is 10.2 Å². The van der Waals surface area contributed by atoms with Gasteiger partial charge in [-0.1, -0.05) is 37.3 Å². The lowest BCUT2D eigenvalue weighted by Crippen LogP contribution is -2.40. The topological polar surface area (TPSA) is 69.7 Å². The highest BCUT2D eigenvalue weighted by molar-refractivity contribution is 7.94. The molecular formula is C19H22FN3O3S. The first kappa shape index (κ1) is 19.2. The van der Waals surface area contributed by atoms with Crippen LogP contribution in [0.3, 0.4) is 0 Å². The zero-order valence-electron chi connectivity index (χ0n) is 15.2. The second kappa shape index (κ2) is 7.56. The summed E-state index contributed by atoms with van der Waals surface area (Å²) in [4.78, 5) is 12.2. The Morgan fingerprint density at radius 1 is 1.15 bits per heavy atom. The predicted molar refractivity (Wildman–Crippen MR) is 104 cm³/mol. The first-order valence-corrected chi connectivity index (χ1v) is 10.1. The lowest BCUT2D eigenvalue weighted by molar-refractivity contribution is -0.121. The molecule has 0 saturated heterocycles. The molecule has 1 aliphatic rings. The fraction of sp³-hybridized carbons (Fsp3) is 0.316. The van der Waals surface area contributed by atoms with Crippen molar-refractivity contribution in [1.29, 1.82) is 0 Å². The van der Waals surface area contributed by atoms with Crippen molar-refractivity contribution in [1.82, 2.24) is 5.32 Å². The van der Waals surface area contributed by atoms with Crippen molar-refractivity contribution >= 4 is 27.5 Å². The standard InChI is InChI=1S/C19H22FN3O3S/c1-14(15-6-4-3-5-7-15)12-19(24)21-10-11-23-18-13-16(20)8-9-17(18)22(2)27(23,25)26/h3-9,13-14H,10-12H2,1-2H3,(H,21,24)/t14-/m1/s1. The second-order valence-corrected chi connectivity index (χ2v) is 8.43. The monoisotopic (exact) mass is 391 g/mol. The Hall–Kier alpha value is -2.61. The van der Waals surface area contributed by atoms with E-state index in [2.05, 4.69) is 5.32 Å². The molecule has 1 heterocycles. The summed E-state index contributed by atoms with van der Waals surface area (Å²) < 4.78 is 40.8. The van der Waals surface area contributed by atoms with E-state index in [1.807, 2.05) is 37.3 Å². The fourth-order valence-corrected chi connectivity index (χ4v) is 4.56. The van der Waals surface area contributed by atoms with Crippen LogP contribution in [0, 0.1) is 5.82 Å². The molecule has 0 radical (unpaired) electrons. The Bertz CT molecular complexity index is 934. The van der Waals surface area contributed by atoms with E-state index >= 15 is 0 Å². The molecule has 8 heteroatoms. The number of nitrogens with zero attached hydrogens (tertiary/aromatic N) is 2. The number of fused-ring (bicyclic) bond motifs is 1. The van der Waals surface area contributed by atoms with Gasteiger partial charge in [0.2, 0.25) is 5.91 Å². The highest BCUT2D eigenvalue weighted by atomic mass is 32.2. The first-order valence-electron chi connectivity index (χ1n) is 8.68. The summed E-state index contributed by atoms with van der Waals surface area (Å²) in [6, 6.07) is 13.6. The van der Waals surface area contributed by atoms with Gasteiger partial charge in [0.1, 0.15) is 5.82 Å². The maximum atomic E-state index is 13.6. The highest BCUT2D eigenvalue weighted by Crippen LogP contribution is 2.39. The second-order valence-electron chi connectivity index (χ2n) is 6.55. The minimum atomic E-state index is -3.76. The molecule has 0 fully saturated rings. The van der Waals surface area contributed by atoms with Gasteiger partial charge in [0.05, 0.1) is 17.9 Å². The number of carbonyl (C=O) groups excluding carboxylic acids is 1. The van der Waals surface area contributed by atoms with Crippen LogP contribution in [0.5, 0.6) is 0 Å². The van der Waals surface area contributed by atoms with Crippen molar-refractivity contribution in [3.63, 3.8) is 0 Å². The molecule has 2 aromatic rings. The summed E-state index contributed by atoms with van der Waals surface area (Å²) in [5.41, 5.74) is 1.77. The van der Waals surface area contributed by atoms with Crippen LogP contribution in [0.2, 0.25) is 0 Å². The largest absolute Gasteiger partial charge is 0.354 e. The van der Waals surface area contributed by atoms with Crippen LogP contribution in [-0.4, -0.2) is 34.5 Å². The van der Waals surface area contributed by atoms with Crippen LogP contribution in [0.25, 0.3) is 0 Å². The molecule has 0 unspecified atom stereocenters. The highest BCUT2D eigenvalue weighted by Gasteiger charge is 2.37. The quantitative estimate of drug-likeness (QED) is 0.823. The molecule has 0 bridgehead atoms. The van der Waals surface area contributed by atoms with Crippen molar-refractivity contribution in [2.45, 2.75) is 19.3 Å². The molecule has 6 nitrogen and oxygen atoms in total. The first-order chi connectivity index (χ1) is 12.8. The number of anilines is 2. The number of benzene rings is 2. The minimum Gasteiger partial charge on any atom is -0.354 e. The number of carbonyl (C=O) groups is 1. The van der Waals surface area contributed by atoms with Gasteiger partial charge in [-0.05, 0) is 23.6 Å². The molecule has 1 atom stereocenters. The van der Waals surface area contributed by atoms with Crippen molar-refractivity contribution in [2.75, 3.05) is 28.7 Å². The molecule has 1 amide bonds. The Balaban J connectivity index is 1.60. The SMILES string of the molecule is C[C@H](CC(=O)NCCN1c2cc(F)ccc2N(C)S1(=O)=O)c1ccccc1. The predicted octanol–water partition coefficient (Wildman–Crippen LogP) is 2.64. The number of halogens is 1. The van der Waals surface area contributed by atoms with Gasteiger partial charge < -0.3 is 5.32 Å². The van der Waals surface area contributed by atoms with E-state index in [9.17, 15) is 17.6 Å². The summed E-state index contributed by atoms with van der Waals surface area (Å²) in [7, 11) is -2.33. The number of nitrogens with one attached hydrogen (secondary N) is 1. The molecule has 0 aromatic heterocycles. The van der Waals surface area contributed by atoms with Crippen LogP contribution < -0.4 is 13.9 Å². The Morgan fingerprint density at radius 3 is 2.56 bits per heavy atom. The molecule has 144 valence electrons. The Labute approximate surface area is 158 Å². The van der Waals surface area contributed by atoms with Crippen LogP contribution >= 0.6 is 0 Å². The molecule has 1 aliphatic heterocycles. The third kappa shape index (κ3) is 3.90. The van der Waals surface area contributed by atoms with Gasteiger partial charge in [0, 0.05) is 26.1 Å². The van der Waals surface area contributed by atoms with Crippen molar-refractivity contribution in [3.05, 3.63) is 59.9 Å². The molecule has 27 heavy (non-hydrogen) atoms. The van der Waals surface area contributed by atoms with Gasteiger partial charge in [0.15, 0.2) is 0 Å². The summed E-state index contributed by atoms with van der Waals surface area (Å²) in [6.45, 7) is 2.14. The fourth-order valence-electron chi connectivity index (χ4n) is 3.14. The van der Waals surface area contributed by atoms with Crippen LogP contribution in [0.15, 0.2) is 48.5 Å². The summed E-state index contributed by atoms with van der Waals surface area (Å²) in [6.07, 6.45) is 0.307. The lowest BCUT2D eigenvalue weighted by Gasteiger charge is -2.19. The average molecular weight is 391 g/mol. The maximum Gasteiger partial charge on any atom is 0.326 e. The van der Waals surface area contributed by atoms with Crippen molar-refractivity contribution < 1.29 is 17.6 Å². The zero-order valence-corrected chi connectivity index (χ0v) is 16.0. The Kier molecular flexibility index (Phi) is 5.36. The minimum absolute atomic E-state index is 0.0363. The molecule has 1 N–H and O–H groups in total. The smallest absolute Gasteiger partial charge is 0.326 e. The maximum absolute atomic E-state index is 13.6. The molecule has 0 saturated carbocycles. The number of rotatable bonds is 6. The van der Waals surface area contributed by atoms with Gasteiger partial charge in [-0.15, -0.1) is 0 Å². The number of hydrogen-bond acceptors (Lipinski definition) is 3. The lowest BCUT2D eigenvalue weighted by atomic mass is 9.98. The van der Waals surface area contributed by atoms with E-state index in [0.717, 1.165) is 14.2 Å². The van der Waals surface area contributed by atoms with Crippen LogP contribution in [0.1, 0.15) is 24.8 Å². The molecule has 0 aliphatic carbocycles. The van der Waals surface area contributed by atoms with Gasteiger partial charge in [-0.3, -0.25) is 9.10 Å². The van der Waals surface area contributed by atoms with Crippen LogP contribution in [-0.2, 0) is 15.0 Å². The molecule has 2 aromatic carbocycles. The van der Waals surface area contributed by atoms with E-state index in [-0.39, 0.29) is 30.6 Å². The van der Waals surface area contributed by atoms with E-state index in [0.29, 0.717) is 12.1 Å². The number of hydrogen-bond donors (Lipinski definition) is 1. The molecule has 3 rings (SSSR count). The summed E-state index contributed by atoms with van der Waals surface area (Å²) in [5.74, 6) is -0.608. The van der Waals surface area contributed by atoms with Gasteiger partial charge in [-0.25, -0.2) is 8.70 Å². The Morgan fingerprint density at radius 2 is 1.85 bits per heavy atom. The van der Waals surface area contributed by atoms with E-state index in [1.165, 1.54) is 25.2 Å². The summed E-state index contributed by atoms with van der Waals surface area (Å²) in [5, 5.41) is 2.75. The van der Waals surface area contributed by atoms with Gasteiger partial charge in [0.25, 0.3) is 0 Å². The number of amides is 1. The van der Waals surface area contributed by atoms with E-state index < -0.39 is 16.0 Å². The molecular weight excluding hydrogens is 369 g/mol. The van der Waals surface area contributed by atoms with E-state index in [4.69, 9.17) is 0 Å². The van der Waals surface area contributed by atoms with Crippen LogP contribution in [0.4, 0.5) is 15.8 Å². The van der Waals surface area contributed by atoms with Crippen molar-refractivity contribution in [2.24, 2.45) is 0 Å². The molecule has 0 spiro atoms. The van der Waals surface area contributed by atoms with E-state index in [1.54, 1.807) is 0 Å².